The summed E-state index contributed by atoms with van der Waals surface area (Å²) in [5, 5.41) is 13.1. The summed E-state index contributed by atoms with van der Waals surface area (Å²) in [5.41, 5.74) is 0.782. The van der Waals surface area contributed by atoms with Crippen LogP contribution in [0.25, 0.3) is 11.0 Å². The van der Waals surface area contributed by atoms with Gasteiger partial charge >= 0.3 is 5.97 Å². The van der Waals surface area contributed by atoms with Gasteiger partial charge in [0.25, 0.3) is 0 Å². The molecule has 0 aliphatic heterocycles. The Labute approximate surface area is 96.7 Å². The van der Waals surface area contributed by atoms with E-state index in [2.05, 4.69) is 5.16 Å². The van der Waals surface area contributed by atoms with Gasteiger partial charge in [0.2, 0.25) is 0 Å². The van der Waals surface area contributed by atoms with Gasteiger partial charge in [-0.15, -0.1) is 0 Å². The lowest BCUT2D eigenvalue weighted by Crippen LogP contribution is -2.01. The zero-order valence-electron chi connectivity index (χ0n) is 9.39. The molecule has 2 rings (SSSR count). The second-order valence-corrected chi connectivity index (χ2v) is 3.40. The Kier molecular flexibility index (Phi) is 2.86. The van der Waals surface area contributed by atoms with Crippen LogP contribution < -0.4 is 9.47 Å². The van der Waals surface area contributed by atoms with E-state index in [0.29, 0.717) is 28.2 Å². The number of hydrogen-bond donors (Lipinski definition) is 1. The Hall–Kier alpha value is -2.24. The minimum absolute atomic E-state index is 0.213. The van der Waals surface area contributed by atoms with E-state index in [-0.39, 0.29) is 6.42 Å². The van der Waals surface area contributed by atoms with Crippen LogP contribution in [-0.2, 0) is 11.2 Å². The van der Waals surface area contributed by atoms with Gasteiger partial charge in [0.1, 0.15) is 17.2 Å². The third-order valence-electron chi connectivity index (χ3n) is 2.36. The number of carboxylic acid groups (broad SMARTS) is 1. The summed E-state index contributed by atoms with van der Waals surface area (Å²) in [4.78, 5) is 10.7. The van der Waals surface area contributed by atoms with Crippen LogP contribution in [-0.4, -0.2) is 30.5 Å². The molecule has 1 heterocycles. The molecule has 1 aromatic heterocycles. The fourth-order valence-electron chi connectivity index (χ4n) is 1.61. The van der Waals surface area contributed by atoms with Crippen molar-refractivity contribution in [2.24, 2.45) is 0 Å². The molecule has 0 spiro atoms. The van der Waals surface area contributed by atoms with Crippen molar-refractivity contribution in [1.29, 1.82) is 0 Å². The Morgan fingerprint density at radius 1 is 1.41 bits per heavy atom. The van der Waals surface area contributed by atoms with E-state index < -0.39 is 5.97 Å². The van der Waals surface area contributed by atoms with Gasteiger partial charge in [-0.1, -0.05) is 5.16 Å². The van der Waals surface area contributed by atoms with Crippen LogP contribution in [0.3, 0.4) is 0 Å². The molecule has 0 atom stereocenters. The van der Waals surface area contributed by atoms with Crippen molar-refractivity contribution in [3.05, 3.63) is 17.8 Å². The van der Waals surface area contributed by atoms with Gasteiger partial charge in [0.05, 0.1) is 26.0 Å². The molecule has 90 valence electrons. The number of fused-ring (bicyclic) bond motifs is 1. The topological polar surface area (TPSA) is 81.8 Å². The first-order chi connectivity index (χ1) is 8.15. The summed E-state index contributed by atoms with van der Waals surface area (Å²) in [5.74, 6) is 0.0716. The maximum Gasteiger partial charge on any atom is 0.309 e. The summed E-state index contributed by atoms with van der Waals surface area (Å²) >= 11 is 0. The Morgan fingerprint density at radius 3 is 2.76 bits per heavy atom. The van der Waals surface area contributed by atoms with Crippen LogP contribution in [0.4, 0.5) is 0 Å². The van der Waals surface area contributed by atoms with Crippen molar-refractivity contribution in [2.75, 3.05) is 14.2 Å². The third kappa shape index (κ3) is 2.01. The quantitative estimate of drug-likeness (QED) is 0.867. The van der Waals surface area contributed by atoms with E-state index in [1.54, 1.807) is 12.1 Å². The van der Waals surface area contributed by atoms with Crippen LogP contribution in [0, 0.1) is 0 Å². The molecule has 1 N–H and O–H groups in total. The van der Waals surface area contributed by atoms with Crippen molar-refractivity contribution < 1.29 is 23.9 Å². The highest BCUT2D eigenvalue weighted by atomic mass is 16.5. The van der Waals surface area contributed by atoms with Gasteiger partial charge in [0, 0.05) is 12.1 Å². The molecule has 0 radical (unpaired) electrons. The van der Waals surface area contributed by atoms with Gasteiger partial charge in [-0.2, -0.15) is 0 Å². The van der Waals surface area contributed by atoms with E-state index in [1.165, 1.54) is 14.2 Å². The van der Waals surface area contributed by atoms with E-state index >= 15 is 0 Å². The third-order valence-corrected chi connectivity index (χ3v) is 2.36. The Morgan fingerprint density at radius 2 is 2.18 bits per heavy atom. The minimum Gasteiger partial charge on any atom is -0.496 e. The van der Waals surface area contributed by atoms with Crippen molar-refractivity contribution >= 4 is 16.9 Å². The molecule has 1 aromatic carbocycles. The van der Waals surface area contributed by atoms with Crippen LogP contribution in [0.1, 0.15) is 5.69 Å². The summed E-state index contributed by atoms with van der Waals surface area (Å²) in [7, 11) is 3.01. The Bertz CT molecular complexity index is 560. The lowest BCUT2D eigenvalue weighted by molar-refractivity contribution is -0.136. The molecular formula is C11H11NO5. The number of nitrogens with zero attached hydrogens (tertiary/aromatic N) is 1. The van der Waals surface area contributed by atoms with E-state index in [4.69, 9.17) is 19.1 Å². The second kappa shape index (κ2) is 4.32. The monoisotopic (exact) mass is 237 g/mol. The summed E-state index contributed by atoms with van der Waals surface area (Å²) < 4.78 is 15.3. The average Bonchev–Trinajstić information content (AvgIpc) is 2.70. The van der Waals surface area contributed by atoms with Gasteiger partial charge in [-0.05, 0) is 0 Å². The van der Waals surface area contributed by atoms with Crippen molar-refractivity contribution in [3.8, 4) is 11.5 Å². The first-order valence-electron chi connectivity index (χ1n) is 4.87. The first-order valence-corrected chi connectivity index (χ1v) is 4.87. The highest BCUT2D eigenvalue weighted by Crippen LogP contribution is 2.33. The highest BCUT2D eigenvalue weighted by Gasteiger charge is 2.17. The normalized spacial score (nSPS) is 10.5. The molecule has 0 saturated carbocycles. The lowest BCUT2D eigenvalue weighted by Gasteiger charge is -2.04. The molecule has 0 bridgehead atoms. The molecule has 0 amide bonds. The average molecular weight is 237 g/mol. The number of rotatable bonds is 4. The lowest BCUT2D eigenvalue weighted by atomic mass is 10.1. The molecular weight excluding hydrogens is 226 g/mol. The zero-order chi connectivity index (χ0) is 12.4. The highest BCUT2D eigenvalue weighted by molar-refractivity contribution is 5.90. The standard InChI is InChI=1S/C11H11NO5/c1-15-6-3-8(16-2)11-7(5-10(13)14)12-17-9(11)4-6/h3-4H,5H2,1-2H3,(H,13,14). The SMILES string of the molecule is COc1cc(OC)c2c(CC(=O)O)noc2c1. The van der Waals surface area contributed by atoms with Crippen molar-refractivity contribution in [1.82, 2.24) is 5.16 Å². The number of aliphatic carboxylic acids is 1. The van der Waals surface area contributed by atoms with E-state index in [9.17, 15) is 4.79 Å². The van der Waals surface area contributed by atoms with E-state index in [0.717, 1.165) is 0 Å². The van der Waals surface area contributed by atoms with Gasteiger partial charge in [-0.3, -0.25) is 4.79 Å². The predicted molar refractivity (Wildman–Crippen MR) is 58.5 cm³/mol. The number of carbonyl (C=O) groups is 1. The molecule has 0 aliphatic rings. The number of methoxy groups -OCH3 is 2. The maximum absolute atomic E-state index is 10.7. The fourth-order valence-corrected chi connectivity index (χ4v) is 1.61. The summed E-state index contributed by atoms with van der Waals surface area (Å²) in [6.07, 6.45) is -0.213. The molecule has 6 nitrogen and oxygen atoms in total. The first kappa shape index (κ1) is 11.3. The van der Waals surface area contributed by atoms with Crippen LogP contribution in [0.2, 0.25) is 0 Å². The zero-order valence-corrected chi connectivity index (χ0v) is 9.39. The molecule has 0 unspecified atom stereocenters. The van der Waals surface area contributed by atoms with Crippen LogP contribution >= 0.6 is 0 Å². The second-order valence-electron chi connectivity index (χ2n) is 3.40. The number of benzene rings is 1. The number of ether oxygens (including phenoxy) is 2. The van der Waals surface area contributed by atoms with Crippen LogP contribution in [0.15, 0.2) is 16.7 Å². The molecule has 0 saturated heterocycles. The minimum atomic E-state index is -0.974. The van der Waals surface area contributed by atoms with Gasteiger partial charge < -0.3 is 19.1 Å². The largest absolute Gasteiger partial charge is 0.496 e. The van der Waals surface area contributed by atoms with E-state index in [1.807, 2.05) is 0 Å². The van der Waals surface area contributed by atoms with Crippen molar-refractivity contribution in [3.63, 3.8) is 0 Å². The van der Waals surface area contributed by atoms with Crippen LogP contribution in [0.5, 0.6) is 11.5 Å². The number of aromatic nitrogens is 1. The number of hydrogen-bond acceptors (Lipinski definition) is 5. The molecule has 2 aromatic rings. The molecule has 0 fully saturated rings. The molecule has 17 heavy (non-hydrogen) atoms. The van der Waals surface area contributed by atoms with Crippen molar-refractivity contribution in [2.45, 2.75) is 6.42 Å². The van der Waals surface area contributed by atoms with Gasteiger partial charge in [-0.25, -0.2) is 0 Å². The molecule has 0 aliphatic carbocycles. The fraction of sp³-hybridized carbons (Fsp3) is 0.273. The number of carboxylic acids is 1. The summed E-state index contributed by atoms with van der Waals surface area (Å²) in [6.45, 7) is 0. The summed E-state index contributed by atoms with van der Waals surface area (Å²) in [6, 6.07) is 3.29. The maximum atomic E-state index is 10.7. The van der Waals surface area contributed by atoms with Gasteiger partial charge in [0.15, 0.2) is 5.58 Å². The molecule has 6 heteroatoms. The predicted octanol–water partition coefficient (Wildman–Crippen LogP) is 1.47. The Balaban J connectivity index is 2.61. The smallest absolute Gasteiger partial charge is 0.309 e.